The lowest BCUT2D eigenvalue weighted by Gasteiger charge is -2.33. The molecule has 0 bridgehead atoms. The minimum absolute atomic E-state index is 0.131. The summed E-state index contributed by atoms with van der Waals surface area (Å²) in [7, 11) is 0. The fourth-order valence-corrected chi connectivity index (χ4v) is 5.63. The molecule has 3 aromatic rings. The van der Waals surface area contributed by atoms with Crippen molar-refractivity contribution in [3.63, 3.8) is 0 Å². The van der Waals surface area contributed by atoms with E-state index in [0.29, 0.717) is 27.7 Å². The van der Waals surface area contributed by atoms with Crippen molar-refractivity contribution in [2.75, 3.05) is 42.3 Å². The maximum absolute atomic E-state index is 13.3. The number of hydrogen-bond donors (Lipinski definition) is 3. The Hall–Kier alpha value is -2.75. The molecule has 5 heterocycles. The molecular weight excluding hydrogens is 424 g/mol. The molecule has 9 heteroatoms. The monoisotopic (exact) mass is 452 g/mol. The van der Waals surface area contributed by atoms with Gasteiger partial charge in [-0.15, -0.1) is 11.3 Å². The van der Waals surface area contributed by atoms with E-state index in [-0.39, 0.29) is 11.9 Å². The lowest BCUT2D eigenvalue weighted by molar-refractivity contribution is 0.0853. The Kier molecular flexibility index (Phi) is 5.95. The number of anilines is 3. The topological polar surface area (TPSA) is 119 Å². The highest BCUT2D eigenvalue weighted by Crippen LogP contribution is 2.37. The second-order valence-corrected chi connectivity index (χ2v) is 9.62. The number of fused-ring (bicyclic) bond motifs is 1. The van der Waals surface area contributed by atoms with Crippen molar-refractivity contribution in [1.29, 1.82) is 0 Å². The molecule has 5 N–H and O–H groups in total. The van der Waals surface area contributed by atoms with Crippen LogP contribution in [0.3, 0.4) is 0 Å². The third-order valence-electron chi connectivity index (χ3n) is 6.34. The molecule has 2 aliphatic heterocycles. The van der Waals surface area contributed by atoms with Crippen LogP contribution in [0.15, 0.2) is 30.7 Å². The molecule has 168 valence electrons. The van der Waals surface area contributed by atoms with Gasteiger partial charge in [0.05, 0.1) is 27.8 Å². The first kappa shape index (κ1) is 21.1. The first-order chi connectivity index (χ1) is 15.6. The minimum Gasteiger partial charge on any atom is -0.390 e. The average Bonchev–Trinajstić information content (AvgIpc) is 3.15. The van der Waals surface area contributed by atoms with E-state index in [4.69, 9.17) is 16.2 Å². The second-order valence-electron chi connectivity index (χ2n) is 8.54. The minimum atomic E-state index is -0.268. The molecule has 8 nitrogen and oxygen atoms in total. The van der Waals surface area contributed by atoms with Gasteiger partial charge in [0.15, 0.2) is 0 Å². The third kappa shape index (κ3) is 4.15. The van der Waals surface area contributed by atoms with Gasteiger partial charge in [-0.1, -0.05) is 0 Å². The summed E-state index contributed by atoms with van der Waals surface area (Å²) in [5.41, 5.74) is 16.3. The van der Waals surface area contributed by atoms with E-state index in [1.54, 1.807) is 12.4 Å². The van der Waals surface area contributed by atoms with Gasteiger partial charge in [-0.3, -0.25) is 14.8 Å². The zero-order valence-corrected chi connectivity index (χ0v) is 18.7. The number of thiophene rings is 1. The SMILES string of the molecule is Nc1sc2cc(C3CCOCC3)cnc2c1C(=O)Nc1cnccc1N1CCC[C@H](N)C1. The zero-order valence-electron chi connectivity index (χ0n) is 17.9. The molecule has 2 saturated heterocycles. The van der Waals surface area contributed by atoms with Crippen LogP contribution in [0.1, 0.15) is 47.5 Å². The molecule has 0 aliphatic carbocycles. The van der Waals surface area contributed by atoms with Gasteiger partial charge >= 0.3 is 0 Å². The molecular formula is C23H28N6O2S. The summed E-state index contributed by atoms with van der Waals surface area (Å²) in [6.07, 6.45) is 9.32. The number of aromatic nitrogens is 2. The van der Waals surface area contributed by atoms with E-state index >= 15 is 0 Å². The highest BCUT2D eigenvalue weighted by atomic mass is 32.1. The quantitative estimate of drug-likeness (QED) is 0.555. The van der Waals surface area contributed by atoms with E-state index in [1.807, 2.05) is 12.3 Å². The predicted molar refractivity (Wildman–Crippen MR) is 128 cm³/mol. The number of rotatable bonds is 4. The summed E-state index contributed by atoms with van der Waals surface area (Å²) in [5, 5.41) is 3.49. The number of piperidine rings is 1. The van der Waals surface area contributed by atoms with Crippen molar-refractivity contribution >= 4 is 43.8 Å². The summed E-state index contributed by atoms with van der Waals surface area (Å²) in [5.74, 6) is 0.172. The summed E-state index contributed by atoms with van der Waals surface area (Å²) < 4.78 is 6.41. The van der Waals surface area contributed by atoms with Crippen molar-refractivity contribution < 1.29 is 9.53 Å². The van der Waals surface area contributed by atoms with Gasteiger partial charge in [0, 0.05) is 44.7 Å². The third-order valence-corrected chi connectivity index (χ3v) is 7.30. The van der Waals surface area contributed by atoms with Crippen LogP contribution in [0.25, 0.3) is 10.2 Å². The van der Waals surface area contributed by atoms with E-state index in [1.165, 1.54) is 16.9 Å². The summed E-state index contributed by atoms with van der Waals surface area (Å²) in [6.45, 7) is 3.21. The van der Waals surface area contributed by atoms with Crippen molar-refractivity contribution in [1.82, 2.24) is 9.97 Å². The van der Waals surface area contributed by atoms with Gasteiger partial charge in [-0.05, 0) is 49.3 Å². The number of pyridine rings is 2. The smallest absolute Gasteiger partial charge is 0.260 e. The number of nitrogens with two attached hydrogens (primary N) is 2. The molecule has 2 aliphatic rings. The first-order valence-corrected chi connectivity index (χ1v) is 11.9. The van der Waals surface area contributed by atoms with Crippen LogP contribution in [0.5, 0.6) is 0 Å². The molecule has 0 unspecified atom stereocenters. The highest BCUT2D eigenvalue weighted by molar-refractivity contribution is 7.23. The van der Waals surface area contributed by atoms with Gasteiger partial charge in [0.25, 0.3) is 5.91 Å². The van der Waals surface area contributed by atoms with Crippen molar-refractivity contribution in [3.05, 3.63) is 41.9 Å². The molecule has 2 fully saturated rings. The number of amides is 1. The number of ether oxygens (including phenoxy) is 1. The Morgan fingerprint density at radius 2 is 2.09 bits per heavy atom. The number of nitrogens with one attached hydrogen (secondary N) is 1. The fourth-order valence-electron chi connectivity index (χ4n) is 4.66. The predicted octanol–water partition coefficient (Wildman–Crippen LogP) is 3.35. The molecule has 0 saturated carbocycles. The molecule has 1 amide bonds. The zero-order chi connectivity index (χ0) is 22.1. The summed E-state index contributed by atoms with van der Waals surface area (Å²) in [6, 6.07) is 4.17. The Labute approximate surface area is 191 Å². The molecule has 3 aromatic heterocycles. The molecule has 32 heavy (non-hydrogen) atoms. The van der Waals surface area contributed by atoms with Gasteiger partial charge in [-0.2, -0.15) is 0 Å². The van der Waals surface area contributed by atoms with Crippen LogP contribution >= 0.6 is 11.3 Å². The van der Waals surface area contributed by atoms with Crippen molar-refractivity contribution in [3.8, 4) is 0 Å². The largest absolute Gasteiger partial charge is 0.390 e. The van der Waals surface area contributed by atoms with Crippen LogP contribution in [0.2, 0.25) is 0 Å². The number of nitrogen functional groups attached to an aromatic ring is 1. The number of carbonyl (C=O) groups is 1. The van der Waals surface area contributed by atoms with Crippen molar-refractivity contribution in [2.24, 2.45) is 5.73 Å². The van der Waals surface area contributed by atoms with E-state index in [2.05, 4.69) is 26.3 Å². The maximum Gasteiger partial charge on any atom is 0.260 e. The average molecular weight is 453 g/mol. The Bertz CT molecular complexity index is 1130. The van der Waals surface area contributed by atoms with Crippen LogP contribution in [0, 0.1) is 0 Å². The fraction of sp³-hybridized carbons (Fsp3) is 0.435. The lowest BCUT2D eigenvalue weighted by atomic mass is 9.93. The number of carbonyl (C=O) groups excluding carboxylic acids is 1. The summed E-state index contributed by atoms with van der Waals surface area (Å²) in [4.78, 5) is 24.4. The van der Waals surface area contributed by atoms with Gasteiger partial charge in [-0.25, -0.2) is 0 Å². The second kappa shape index (κ2) is 9.01. The van der Waals surface area contributed by atoms with E-state index in [0.717, 1.165) is 62.4 Å². The molecule has 0 spiro atoms. The highest BCUT2D eigenvalue weighted by Gasteiger charge is 2.24. The molecule has 0 radical (unpaired) electrons. The van der Waals surface area contributed by atoms with Crippen molar-refractivity contribution in [2.45, 2.75) is 37.6 Å². The normalized spacial score (nSPS) is 19.9. The van der Waals surface area contributed by atoms with Crippen LogP contribution in [-0.4, -0.2) is 48.2 Å². The summed E-state index contributed by atoms with van der Waals surface area (Å²) >= 11 is 1.41. The van der Waals surface area contributed by atoms with E-state index in [9.17, 15) is 4.79 Å². The Morgan fingerprint density at radius 1 is 1.25 bits per heavy atom. The number of hydrogen-bond acceptors (Lipinski definition) is 8. The molecule has 1 atom stereocenters. The Balaban J connectivity index is 1.41. The number of nitrogens with zero attached hydrogens (tertiary/aromatic N) is 3. The molecule has 5 rings (SSSR count). The van der Waals surface area contributed by atoms with E-state index < -0.39 is 0 Å². The molecule has 0 aromatic carbocycles. The van der Waals surface area contributed by atoms with Gasteiger partial charge in [0.1, 0.15) is 10.6 Å². The van der Waals surface area contributed by atoms with Crippen LogP contribution < -0.4 is 21.7 Å². The first-order valence-electron chi connectivity index (χ1n) is 11.1. The lowest BCUT2D eigenvalue weighted by Crippen LogP contribution is -2.43. The van der Waals surface area contributed by atoms with Gasteiger partial charge < -0.3 is 26.4 Å². The maximum atomic E-state index is 13.3. The van der Waals surface area contributed by atoms with Gasteiger partial charge in [0.2, 0.25) is 0 Å². The Morgan fingerprint density at radius 3 is 2.91 bits per heavy atom. The van der Waals surface area contributed by atoms with Crippen LogP contribution in [0.4, 0.5) is 16.4 Å². The van der Waals surface area contributed by atoms with Crippen LogP contribution in [-0.2, 0) is 4.74 Å². The standard InChI is InChI=1S/C23H28N6O2S/c24-16-2-1-7-29(13-16)18-3-6-26-12-17(18)28-23(30)20-21-19(32-22(20)25)10-15(11-27-21)14-4-8-31-9-5-14/h3,6,10-12,14,16H,1-2,4-5,7-9,13,24-25H2,(H,28,30)/t16-/m0/s1.